The highest BCUT2D eigenvalue weighted by Gasteiger charge is 2.39. The minimum absolute atomic E-state index is 0.0935. The molecule has 0 aromatic heterocycles. The Morgan fingerprint density at radius 3 is 2.68 bits per heavy atom. The quantitative estimate of drug-likeness (QED) is 0.786. The Bertz CT molecular complexity index is 534. The topological polar surface area (TPSA) is 46.6 Å². The lowest BCUT2D eigenvalue weighted by Crippen LogP contribution is -2.50. The first-order chi connectivity index (χ1) is 8.86. The number of fused-ring (bicyclic) bond motifs is 1. The molecule has 1 aromatic carbocycles. The maximum atomic E-state index is 12.1. The third-order valence-electron chi connectivity index (χ3n) is 3.30. The van der Waals surface area contributed by atoms with E-state index in [1.807, 2.05) is 6.92 Å². The Kier molecular flexibility index (Phi) is 3.35. The fourth-order valence-electron chi connectivity index (χ4n) is 2.24. The fourth-order valence-corrected chi connectivity index (χ4v) is 2.24. The van der Waals surface area contributed by atoms with E-state index in [2.05, 4.69) is 0 Å². The van der Waals surface area contributed by atoms with Gasteiger partial charge in [-0.2, -0.15) is 0 Å². The van der Waals surface area contributed by atoms with Crippen molar-refractivity contribution in [2.45, 2.75) is 39.2 Å². The minimum Gasteiger partial charge on any atom is -0.476 e. The number of benzene rings is 1. The largest absolute Gasteiger partial charge is 0.476 e. The summed E-state index contributed by atoms with van der Waals surface area (Å²) in [6, 6.07) is 5.26. The summed E-state index contributed by atoms with van der Waals surface area (Å²) in [5.41, 5.74) is 0.422. The monoisotopic (exact) mass is 261 g/mol. The maximum absolute atomic E-state index is 12.1. The molecule has 4 heteroatoms. The molecule has 0 saturated heterocycles. The predicted octanol–water partition coefficient (Wildman–Crippen LogP) is 2.80. The highest BCUT2D eigenvalue weighted by molar-refractivity contribution is 6.04. The van der Waals surface area contributed by atoms with Gasteiger partial charge in [-0.05, 0) is 38.5 Å². The molecule has 1 heterocycles. The Balaban J connectivity index is 2.41. The van der Waals surface area contributed by atoms with Gasteiger partial charge in [-0.15, -0.1) is 0 Å². The summed E-state index contributed by atoms with van der Waals surface area (Å²) in [7, 11) is 1.71. The molecule has 1 amide bonds. The van der Waals surface area contributed by atoms with E-state index in [0.717, 1.165) is 6.42 Å². The lowest BCUT2D eigenvalue weighted by atomic mass is 10.0. The Morgan fingerprint density at radius 2 is 2.05 bits per heavy atom. The first kappa shape index (κ1) is 13.6. The number of hydrogen-bond acceptors (Lipinski definition) is 3. The number of carbonyl (C=O) groups excluding carboxylic acids is 2. The second-order valence-electron chi connectivity index (χ2n) is 5.33. The predicted molar refractivity (Wildman–Crippen MR) is 73.8 cm³/mol. The summed E-state index contributed by atoms with van der Waals surface area (Å²) < 4.78 is 5.69. The van der Waals surface area contributed by atoms with Crippen LogP contribution in [0.5, 0.6) is 5.75 Å². The van der Waals surface area contributed by atoms with Gasteiger partial charge in [0.2, 0.25) is 0 Å². The van der Waals surface area contributed by atoms with Gasteiger partial charge in [0.05, 0.1) is 5.69 Å². The van der Waals surface area contributed by atoms with Gasteiger partial charge in [-0.3, -0.25) is 9.59 Å². The van der Waals surface area contributed by atoms with E-state index >= 15 is 0 Å². The van der Waals surface area contributed by atoms with E-state index in [1.54, 1.807) is 44.0 Å². The van der Waals surface area contributed by atoms with Gasteiger partial charge in [0.25, 0.3) is 5.91 Å². The van der Waals surface area contributed by atoms with Crippen LogP contribution in [0.3, 0.4) is 0 Å². The van der Waals surface area contributed by atoms with Crippen LogP contribution >= 0.6 is 0 Å². The van der Waals surface area contributed by atoms with Gasteiger partial charge in [0.1, 0.15) is 5.75 Å². The molecule has 0 radical (unpaired) electrons. The second-order valence-corrected chi connectivity index (χ2v) is 5.33. The van der Waals surface area contributed by atoms with Crippen LogP contribution < -0.4 is 9.64 Å². The maximum Gasteiger partial charge on any atom is 0.270 e. The van der Waals surface area contributed by atoms with E-state index in [-0.39, 0.29) is 11.7 Å². The zero-order valence-corrected chi connectivity index (χ0v) is 11.8. The van der Waals surface area contributed by atoms with Crippen LogP contribution in [-0.2, 0) is 4.79 Å². The molecule has 1 aliphatic rings. The molecular formula is C15H19NO3. The number of nitrogens with zero attached hydrogens (tertiary/aromatic N) is 1. The third kappa shape index (κ3) is 2.35. The second kappa shape index (κ2) is 4.68. The number of hydrogen-bond donors (Lipinski definition) is 0. The summed E-state index contributed by atoms with van der Waals surface area (Å²) in [6.45, 7) is 5.45. The number of anilines is 1. The number of likely N-dealkylation sites (N-methyl/N-ethyl adjacent to an activating group) is 1. The molecule has 1 aromatic rings. The average molecular weight is 261 g/mol. The summed E-state index contributed by atoms with van der Waals surface area (Å²) in [5, 5.41) is 0. The number of amides is 1. The van der Waals surface area contributed by atoms with Crippen molar-refractivity contribution in [2.75, 3.05) is 11.9 Å². The molecule has 0 aliphatic carbocycles. The number of carbonyl (C=O) groups is 2. The summed E-state index contributed by atoms with van der Waals surface area (Å²) >= 11 is 0. The minimum atomic E-state index is -0.864. The van der Waals surface area contributed by atoms with Crippen LogP contribution in [0.1, 0.15) is 44.0 Å². The van der Waals surface area contributed by atoms with Gasteiger partial charge in [0.15, 0.2) is 11.4 Å². The van der Waals surface area contributed by atoms with Crippen molar-refractivity contribution in [1.82, 2.24) is 0 Å². The standard InChI is InChI=1S/C15H19NO3/c1-5-6-12(17)10-7-8-13-11(9-10)16(4)14(18)15(2,3)19-13/h7-9H,5-6H2,1-4H3. The molecule has 0 unspecified atom stereocenters. The van der Waals surface area contributed by atoms with Crippen molar-refractivity contribution in [3.8, 4) is 5.75 Å². The number of Topliss-reactive ketones (excluding diaryl/α,β-unsaturated/α-hetero) is 1. The molecule has 0 atom stereocenters. The van der Waals surface area contributed by atoms with Crippen molar-refractivity contribution in [3.63, 3.8) is 0 Å². The highest BCUT2D eigenvalue weighted by atomic mass is 16.5. The highest BCUT2D eigenvalue weighted by Crippen LogP contribution is 2.37. The smallest absolute Gasteiger partial charge is 0.270 e. The molecule has 19 heavy (non-hydrogen) atoms. The Labute approximate surface area is 113 Å². The molecule has 2 rings (SSSR count). The van der Waals surface area contributed by atoms with Gasteiger partial charge in [-0.25, -0.2) is 0 Å². The van der Waals surface area contributed by atoms with E-state index in [4.69, 9.17) is 4.74 Å². The van der Waals surface area contributed by atoms with E-state index in [9.17, 15) is 9.59 Å². The van der Waals surface area contributed by atoms with Crippen LogP contribution in [0.2, 0.25) is 0 Å². The van der Waals surface area contributed by atoms with Crippen molar-refractivity contribution in [1.29, 1.82) is 0 Å². The SMILES string of the molecule is CCCC(=O)c1ccc2c(c1)N(C)C(=O)C(C)(C)O2. The molecule has 0 fully saturated rings. The first-order valence-electron chi connectivity index (χ1n) is 6.51. The van der Waals surface area contributed by atoms with Gasteiger partial charge in [-0.1, -0.05) is 6.92 Å². The van der Waals surface area contributed by atoms with E-state index in [0.29, 0.717) is 23.4 Å². The normalized spacial score (nSPS) is 16.8. The molecule has 102 valence electrons. The van der Waals surface area contributed by atoms with Crippen LogP contribution in [0, 0.1) is 0 Å². The Morgan fingerprint density at radius 1 is 1.37 bits per heavy atom. The summed E-state index contributed by atoms with van der Waals surface area (Å²) in [6.07, 6.45) is 1.33. The van der Waals surface area contributed by atoms with Crippen molar-refractivity contribution >= 4 is 17.4 Å². The zero-order chi connectivity index (χ0) is 14.2. The van der Waals surface area contributed by atoms with E-state index in [1.165, 1.54) is 0 Å². The Hall–Kier alpha value is -1.84. The van der Waals surface area contributed by atoms with Crippen LogP contribution in [0.25, 0.3) is 0 Å². The number of ether oxygens (including phenoxy) is 1. The van der Waals surface area contributed by atoms with Gasteiger partial charge in [0, 0.05) is 19.0 Å². The fraction of sp³-hybridized carbons (Fsp3) is 0.467. The molecule has 0 spiro atoms. The van der Waals surface area contributed by atoms with Crippen LogP contribution in [-0.4, -0.2) is 24.3 Å². The van der Waals surface area contributed by atoms with Crippen molar-refractivity contribution in [3.05, 3.63) is 23.8 Å². The summed E-state index contributed by atoms with van der Waals surface area (Å²) in [4.78, 5) is 25.6. The number of rotatable bonds is 3. The molecular weight excluding hydrogens is 242 g/mol. The average Bonchev–Trinajstić information content (AvgIpc) is 2.36. The molecule has 0 bridgehead atoms. The number of ketones is 1. The van der Waals surface area contributed by atoms with Crippen LogP contribution in [0.15, 0.2) is 18.2 Å². The lowest BCUT2D eigenvalue weighted by Gasteiger charge is -2.37. The molecule has 4 nitrogen and oxygen atoms in total. The third-order valence-corrected chi connectivity index (χ3v) is 3.30. The van der Waals surface area contributed by atoms with Crippen LogP contribution in [0.4, 0.5) is 5.69 Å². The lowest BCUT2D eigenvalue weighted by molar-refractivity contribution is -0.132. The van der Waals surface area contributed by atoms with Crippen molar-refractivity contribution in [2.24, 2.45) is 0 Å². The van der Waals surface area contributed by atoms with Gasteiger partial charge < -0.3 is 9.64 Å². The van der Waals surface area contributed by atoms with E-state index < -0.39 is 5.60 Å². The summed E-state index contributed by atoms with van der Waals surface area (Å²) in [5.74, 6) is 0.622. The molecule has 0 N–H and O–H groups in total. The van der Waals surface area contributed by atoms with Gasteiger partial charge >= 0.3 is 0 Å². The molecule has 0 saturated carbocycles. The zero-order valence-electron chi connectivity index (χ0n) is 11.8. The first-order valence-corrected chi connectivity index (χ1v) is 6.51. The van der Waals surface area contributed by atoms with Crippen molar-refractivity contribution < 1.29 is 14.3 Å². The molecule has 1 aliphatic heterocycles.